The van der Waals surface area contributed by atoms with Gasteiger partial charge in [0, 0.05) is 6.21 Å². The molecule has 53 valence electrons. The number of hydrogen-bond acceptors (Lipinski definition) is 2. The van der Waals surface area contributed by atoms with Gasteiger partial charge in [0.15, 0.2) is 0 Å². The molecule has 2 heteroatoms. The zero-order valence-electron chi connectivity index (χ0n) is 5.97. The molecule has 0 rings (SSSR count). The SMILES string of the molecule is [CH2]CCCC/C=N\OC. The van der Waals surface area contributed by atoms with E-state index < -0.39 is 0 Å². The summed E-state index contributed by atoms with van der Waals surface area (Å²) in [5.74, 6) is 0. The summed E-state index contributed by atoms with van der Waals surface area (Å²) in [6.07, 6.45) is 6.14. The summed E-state index contributed by atoms with van der Waals surface area (Å²) in [4.78, 5) is 4.48. The molecule has 0 aliphatic heterocycles. The van der Waals surface area contributed by atoms with Crippen LogP contribution in [-0.2, 0) is 4.84 Å². The lowest BCUT2D eigenvalue weighted by Crippen LogP contribution is -1.77. The van der Waals surface area contributed by atoms with Crippen molar-refractivity contribution in [2.24, 2.45) is 5.16 Å². The fourth-order valence-electron chi connectivity index (χ4n) is 0.540. The normalized spacial score (nSPS) is 10.4. The number of hydrogen-bond donors (Lipinski definition) is 0. The Labute approximate surface area is 56.9 Å². The van der Waals surface area contributed by atoms with E-state index in [-0.39, 0.29) is 0 Å². The number of rotatable bonds is 5. The van der Waals surface area contributed by atoms with Gasteiger partial charge in [-0.3, -0.25) is 0 Å². The summed E-state index contributed by atoms with van der Waals surface area (Å²) in [6, 6.07) is 0. The lowest BCUT2D eigenvalue weighted by atomic mass is 10.2. The summed E-state index contributed by atoms with van der Waals surface area (Å²) in [5.41, 5.74) is 0. The topological polar surface area (TPSA) is 21.6 Å². The van der Waals surface area contributed by atoms with Crippen LogP contribution in [0.3, 0.4) is 0 Å². The van der Waals surface area contributed by atoms with Crippen LogP contribution in [0.1, 0.15) is 25.7 Å². The van der Waals surface area contributed by atoms with E-state index in [2.05, 4.69) is 16.9 Å². The predicted octanol–water partition coefficient (Wildman–Crippen LogP) is 2.01. The Morgan fingerprint density at radius 1 is 1.56 bits per heavy atom. The second kappa shape index (κ2) is 7.47. The molecular weight excluding hydrogens is 114 g/mol. The van der Waals surface area contributed by atoms with E-state index >= 15 is 0 Å². The predicted molar refractivity (Wildman–Crippen MR) is 39.3 cm³/mol. The van der Waals surface area contributed by atoms with Crippen molar-refractivity contribution < 1.29 is 4.84 Å². The molecule has 0 heterocycles. The number of unbranched alkanes of at least 4 members (excludes halogenated alkanes) is 3. The molecule has 0 aromatic carbocycles. The summed E-state index contributed by atoms with van der Waals surface area (Å²) in [7, 11) is 1.55. The van der Waals surface area contributed by atoms with Gasteiger partial charge in [0.25, 0.3) is 0 Å². The first-order valence-corrected chi connectivity index (χ1v) is 3.26. The van der Waals surface area contributed by atoms with Crippen LogP contribution in [0.25, 0.3) is 0 Å². The van der Waals surface area contributed by atoms with Crippen LogP contribution < -0.4 is 0 Å². The largest absolute Gasteiger partial charge is 0.399 e. The summed E-state index contributed by atoms with van der Waals surface area (Å²) < 4.78 is 0. The second-order valence-corrected chi connectivity index (χ2v) is 1.82. The highest BCUT2D eigenvalue weighted by molar-refractivity contribution is 5.55. The van der Waals surface area contributed by atoms with E-state index in [9.17, 15) is 0 Å². The van der Waals surface area contributed by atoms with E-state index in [4.69, 9.17) is 0 Å². The molecule has 0 saturated carbocycles. The summed E-state index contributed by atoms with van der Waals surface area (Å²) in [6.45, 7) is 3.73. The van der Waals surface area contributed by atoms with Crippen molar-refractivity contribution >= 4 is 6.21 Å². The van der Waals surface area contributed by atoms with Crippen LogP contribution in [0.5, 0.6) is 0 Å². The van der Waals surface area contributed by atoms with Gasteiger partial charge >= 0.3 is 0 Å². The maximum absolute atomic E-state index is 4.48. The minimum absolute atomic E-state index is 1.00. The Balaban J connectivity index is 2.82. The molecule has 0 atom stereocenters. The average Bonchev–Trinajstić information content (AvgIpc) is 1.89. The third-order valence-electron chi connectivity index (χ3n) is 1.01. The number of nitrogens with zero attached hydrogens (tertiary/aromatic N) is 1. The van der Waals surface area contributed by atoms with Crippen LogP contribution in [-0.4, -0.2) is 13.3 Å². The standard InChI is InChI=1S/C7H14NO/c1-3-4-5-6-7-8-9-2/h7H,1,3-6H2,2H3/b8-7-. The van der Waals surface area contributed by atoms with Gasteiger partial charge in [-0.2, -0.15) is 0 Å². The van der Waals surface area contributed by atoms with Crippen LogP contribution in [0, 0.1) is 6.92 Å². The summed E-state index contributed by atoms with van der Waals surface area (Å²) in [5, 5.41) is 3.60. The lowest BCUT2D eigenvalue weighted by molar-refractivity contribution is 0.214. The molecule has 0 aliphatic rings. The zero-order valence-corrected chi connectivity index (χ0v) is 5.97. The van der Waals surface area contributed by atoms with Gasteiger partial charge in [-0.1, -0.05) is 24.9 Å². The minimum atomic E-state index is 1.00. The molecule has 0 bridgehead atoms. The molecule has 0 aromatic rings. The van der Waals surface area contributed by atoms with Crippen LogP contribution in [0.2, 0.25) is 0 Å². The van der Waals surface area contributed by atoms with Gasteiger partial charge in [0.05, 0.1) is 0 Å². The third kappa shape index (κ3) is 7.47. The smallest absolute Gasteiger partial charge is 0.106 e. The highest BCUT2D eigenvalue weighted by atomic mass is 16.6. The Hall–Kier alpha value is -0.530. The van der Waals surface area contributed by atoms with E-state index in [1.165, 1.54) is 6.42 Å². The maximum atomic E-state index is 4.48. The second-order valence-electron chi connectivity index (χ2n) is 1.82. The molecule has 0 aromatic heterocycles. The zero-order chi connectivity index (χ0) is 6.95. The lowest BCUT2D eigenvalue weighted by Gasteiger charge is -1.89. The highest BCUT2D eigenvalue weighted by Gasteiger charge is 1.80. The Morgan fingerprint density at radius 3 is 2.89 bits per heavy atom. The van der Waals surface area contributed by atoms with Crippen molar-refractivity contribution in [3.05, 3.63) is 6.92 Å². The quantitative estimate of drug-likeness (QED) is 0.315. The first kappa shape index (κ1) is 8.47. The van der Waals surface area contributed by atoms with Gasteiger partial charge in [0.2, 0.25) is 0 Å². The van der Waals surface area contributed by atoms with E-state index in [0.29, 0.717) is 0 Å². The molecule has 9 heavy (non-hydrogen) atoms. The monoisotopic (exact) mass is 128 g/mol. The van der Waals surface area contributed by atoms with Crippen molar-refractivity contribution in [2.45, 2.75) is 25.7 Å². The molecule has 2 nitrogen and oxygen atoms in total. The fraction of sp³-hybridized carbons (Fsp3) is 0.714. The molecule has 0 aliphatic carbocycles. The first-order valence-electron chi connectivity index (χ1n) is 3.26. The molecular formula is C7H14NO. The third-order valence-corrected chi connectivity index (χ3v) is 1.01. The molecule has 0 fully saturated rings. The fourth-order valence-corrected chi connectivity index (χ4v) is 0.540. The van der Waals surface area contributed by atoms with E-state index in [0.717, 1.165) is 19.3 Å². The van der Waals surface area contributed by atoms with Crippen LogP contribution in [0.4, 0.5) is 0 Å². The van der Waals surface area contributed by atoms with Crippen molar-refractivity contribution in [2.75, 3.05) is 7.11 Å². The maximum Gasteiger partial charge on any atom is 0.106 e. The van der Waals surface area contributed by atoms with Crippen molar-refractivity contribution in [3.8, 4) is 0 Å². The molecule has 0 N–H and O–H groups in total. The molecule has 0 unspecified atom stereocenters. The van der Waals surface area contributed by atoms with Gasteiger partial charge in [0.1, 0.15) is 7.11 Å². The molecule has 0 saturated heterocycles. The van der Waals surface area contributed by atoms with Crippen LogP contribution in [0.15, 0.2) is 5.16 Å². The van der Waals surface area contributed by atoms with Crippen molar-refractivity contribution in [1.82, 2.24) is 0 Å². The molecule has 1 radical (unpaired) electrons. The molecule has 0 amide bonds. The Bertz CT molecular complexity index is 71.3. The van der Waals surface area contributed by atoms with E-state index in [1.54, 1.807) is 13.3 Å². The minimum Gasteiger partial charge on any atom is -0.399 e. The molecule has 0 spiro atoms. The van der Waals surface area contributed by atoms with Crippen molar-refractivity contribution in [3.63, 3.8) is 0 Å². The van der Waals surface area contributed by atoms with Gasteiger partial charge < -0.3 is 4.84 Å². The Kier molecular flexibility index (Phi) is 7.03. The first-order chi connectivity index (χ1) is 4.41. The average molecular weight is 128 g/mol. The Morgan fingerprint density at radius 2 is 2.33 bits per heavy atom. The number of oxime groups is 1. The summed E-state index contributed by atoms with van der Waals surface area (Å²) >= 11 is 0. The van der Waals surface area contributed by atoms with Gasteiger partial charge in [-0.05, 0) is 12.8 Å². The van der Waals surface area contributed by atoms with Crippen molar-refractivity contribution in [1.29, 1.82) is 0 Å². The van der Waals surface area contributed by atoms with Crippen LogP contribution >= 0.6 is 0 Å². The van der Waals surface area contributed by atoms with E-state index in [1.807, 2.05) is 0 Å². The highest BCUT2D eigenvalue weighted by Crippen LogP contribution is 1.95. The van der Waals surface area contributed by atoms with Gasteiger partial charge in [-0.25, -0.2) is 0 Å². The van der Waals surface area contributed by atoms with Gasteiger partial charge in [-0.15, -0.1) is 0 Å².